The van der Waals surface area contributed by atoms with Gasteiger partial charge < -0.3 is 14.5 Å². The van der Waals surface area contributed by atoms with Gasteiger partial charge in [-0.05, 0) is 61.2 Å². The van der Waals surface area contributed by atoms with Gasteiger partial charge in [-0.3, -0.25) is 14.2 Å². The molecule has 0 spiro atoms. The first kappa shape index (κ1) is 27.6. The topological polar surface area (TPSA) is 85.8 Å². The van der Waals surface area contributed by atoms with Gasteiger partial charge in [0.15, 0.2) is 16.4 Å². The van der Waals surface area contributed by atoms with Gasteiger partial charge in [0.1, 0.15) is 30.0 Å². The molecule has 1 amide bonds. The third kappa shape index (κ3) is 5.36. The fourth-order valence-corrected chi connectivity index (χ4v) is 6.50. The Labute approximate surface area is 246 Å². The van der Waals surface area contributed by atoms with Crippen molar-refractivity contribution in [2.24, 2.45) is 4.99 Å². The predicted molar refractivity (Wildman–Crippen MR) is 157 cm³/mol. The summed E-state index contributed by atoms with van der Waals surface area (Å²) in [6.07, 6.45) is 1.60. The maximum absolute atomic E-state index is 13.9. The normalized spacial score (nSPS) is 15.0. The molecular formula is C31H23F2N3O4S2. The number of fused-ring (bicyclic) bond motifs is 1. The zero-order valence-electron chi connectivity index (χ0n) is 22.4. The SMILES string of the molecule is CC1=C(C(=O)Nc2ccccc2C)C(c2cccs2)n2c(s/c(=C/c3ccc(COc4ccc(F)cc4F)o3)c2=O)=N1. The average Bonchev–Trinajstić information content (AvgIpc) is 3.71. The molecule has 1 N–H and O–H groups in total. The van der Waals surface area contributed by atoms with E-state index in [-0.39, 0.29) is 23.8 Å². The minimum Gasteiger partial charge on any atom is -0.483 e. The van der Waals surface area contributed by atoms with Gasteiger partial charge >= 0.3 is 0 Å². The van der Waals surface area contributed by atoms with Crippen molar-refractivity contribution < 1.29 is 22.7 Å². The van der Waals surface area contributed by atoms with Crippen LogP contribution >= 0.6 is 22.7 Å². The minimum absolute atomic E-state index is 0.0887. The van der Waals surface area contributed by atoms with Crippen molar-refractivity contribution in [2.45, 2.75) is 26.5 Å². The quantitative estimate of drug-likeness (QED) is 0.259. The first-order valence-corrected chi connectivity index (χ1v) is 14.6. The molecule has 0 saturated carbocycles. The lowest BCUT2D eigenvalue weighted by atomic mass is 10.0. The van der Waals surface area contributed by atoms with Crippen molar-refractivity contribution in [3.8, 4) is 5.75 Å². The highest BCUT2D eigenvalue weighted by Gasteiger charge is 2.33. The monoisotopic (exact) mass is 603 g/mol. The summed E-state index contributed by atoms with van der Waals surface area (Å²) in [7, 11) is 0. The van der Waals surface area contributed by atoms with Crippen molar-refractivity contribution in [1.82, 2.24) is 4.57 Å². The number of para-hydroxylation sites is 1. The van der Waals surface area contributed by atoms with E-state index in [2.05, 4.69) is 10.3 Å². The summed E-state index contributed by atoms with van der Waals surface area (Å²) >= 11 is 2.65. The van der Waals surface area contributed by atoms with Gasteiger partial charge in [0.2, 0.25) is 0 Å². The number of ether oxygens (including phenoxy) is 1. The Morgan fingerprint density at radius 2 is 1.95 bits per heavy atom. The summed E-state index contributed by atoms with van der Waals surface area (Å²) in [6, 6.07) is 17.0. The second-order valence-corrected chi connectivity index (χ2v) is 11.5. The van der Waals surface area contributed by atoms with Crippen LogP contribution in [-0.4, -0.2) is 10.5 Å². The van der Waals surface area contributed by atoms with Gasteiger partial charge in [-0.1, -0.05) is 35.6 Å². The molecule has 0 aliphatic carbocycles. The summed E-state index contributed by atoms with van der Waals surface area (Å²) in [5.41, 5.74) is 2.21. The molecule has 5 aromatic rings. The molecule has 0 radical (unpaired) electrons. The summed E-state index contributed by atoms with van der Waals surface area (Å²) in [5.74, 6) is -1.16. The second-order valence-electron chi connectivity index (χ2n) is 9.53. The fraction of sp³-hybridized carbons (Fsp3) is 0.129. The number of hydrogen-bond donors (Lipinski definition) is 1. The average molecular weight is 604 g/mol. The van der Waals surface area contributed by atoms with Gasteiger partial charge in [0, 0.05) is 22.7 Å². The van der Waals surface area contributed by atoms with E-state index in [9.17, 15) is 18.4 Å². The molecule has 212 valence electrons. The molecule has 2 aromatic carbocycles. The smallest absolute Gasteiger partial charge is 0.271 e. The number of anilines is 1. The van der Waals surface area contributed by atoms with Crippen LogP contribution in [0.15, 0.2) is 97.6 Å². The van der Waals surface area contributed by atoms with Crippen molar-refractivity contribution in [1.29, 1.82) is 0 Å². The Morgan fingerprint density at radius 1 is 1.12 bits per heavy atom. The summed E-state index contributed by atoms with van der Waals surface area (Å²) < 4.78 is 40.2. The number of carbonyl (C=O) groups is 1. The molecule has 6 rings (SSSR count). The van der Waals surface area contributed by atoms with E-state index >= 15 is 0 Å². The van der Waals surface area contributed by atoms with Crippen LogP contribution in [0.5, 0.6) is 5.75 Å². The van der Waals surface area contributed by atoms with Crippen LogP contribution in [-0.2, 0) is 11.4 Å². The highest BCUT2D eigenvalue weighted by Crippen LogP contribution is 2.33. The molecule has 0 saturated heterocycles. The lowest BCUT2D eigenvalue weighted by Crippen LogP contribution is -2.40. The third-order valence-electron chi connectivity index (χ3n) is 6.69. The number of rotatable bonds is 7. The van der Waals surface area contributed by atoms with Crippen LogP contribution in [0.3, 0.4) is 0 Å². The van der Waals surface area contributed by atoms with Crippen molar-refractivity contribution in [2.75, 3.05) is 5.32 Å². The number of amides is 1. The van der Waals surface area contributed by atoms with Crippen molar-refractivity contribution >= 4 is 40.3 Å². The first-order valence-electron chi connectivity index (χ1n) is 12.9. The van der Waals surface area contributed by atoms with Crippen LogP contribution in [0.4, 0.5) is 14.5 Å². The molecule has 42 heavy (non-hydrogen) atoms. The Hall–Kier alpha value is -4.61. The largest absolute Gasteiger partial charge is 0.483 e. The van der Waals surface area contributed by atoms with Crippen molar-refractivity contribution in [3.05, 3.63) is 137 Å². The van der Waals surface area contributed by atoms with Gasteiger partial charge in [0.25, 0.3) is 11.5 Å². The standard InChI is InChI=1S/C31H23F2N3O4S2/c1-17-6-3-4-7-23(17)35-29(37)27-18(2)34-31-36(28(27)25-8-5-13-41-25)30(38)26(42-31)15-20-10-11-21(40-20)16-39-24-12-9-19(32)14-22(24)33/h3-15,28H,16H2,1-2H3,(H,35,37)/b26-15+. The molecule has 11 heteroatoms. The highest BCUT2D eigenvalue weighted by molar-refractivity contribution is 7.10. The number of thiazole rings is 1. The molecule has 3 aromatic heterocycles. The third-order valence-corrected chi connectivity index (χ3v) is 8.60. The molecule has 0 bridgehead atoms. The summed E-state index contributed by atoms with van der Waals surface area (Å²) in [6.45, 7) is 3.59. The number of allylic oxidation sites excluding steroid dienone is 1. The number of thiophene rings is 1. The van der Waals surface area contributed by atoms with E-state index in [1.807, 2.05) is 48.7 Å². The van der Waals surface area contributed by atoms with Crippen LogP contribution in [0, 0.1) is 18.6 Å². The zero-order valence-corrected chi connectivity index (χ0v) is 24.0. The number of nitrogens with zero attached hydrogens (tertiary/aromatic N) is 2. The van der Waals surface area contributed by atoms with Crippen LogP contribution in [0.25, 0.3) is 6.08 Å². The Kier molecular flexibility index (Phi) is 7.44. The molecular weight excluding hydrogens is 580 g/mol. The van der Waals surface area contributed by atoms with E-state index in [0.29, 0.717) is 37.8 Å². The van der Waals surface area contributed by atoms with Crippen molar-refractivity contribution in [3.63, 3.8) is 0 Å². The zero-order chi connectivity index (χ0) is 29.4. The number of aryl methyl sites for hydroxylation is 1. The Morgan fingerprint density at radius 3 is 2.71 bits per heavy atom. The lowest BCUT2D eigenvalue weighted by molar-refractivity contribution is -0.113. The number of benzene rings is 2. The molecule has 4 heterocycles. The first-order chi connectivity index (χ1) is 20.3. The number of carbonyl (C=O) groups excluding carboxylic acids is 1. The van der Waals surface area contributed by atoms with E-state index < -0.39 is 17.7 Å². The van der Waals surface area contributed by atoms with Gasteiger partial charge in [-0.25, -0.2) is 13.8 Å². The van der Waals surface area contributed by atoms with Crippen LogP contribution < -0.4 is 24.9 Å². The highest BCUT2D eigenvalue weighted by atomic mass is 32.1. The van der Waals surface area contributed by atoms with E-state index in [1.165, 1.54) is 28.7 Å². The number of furan rings is 1. The van der Waals surface area contributed by atoms with E-state index in [4.69, 9.17) is 9.15 Å². The Balaban J connectivity index is 1.32. The minimum atomic E-state index is -0.814. The number of aromatic nitrogens is 1. The number of halogens is 2. The van der Waals surface area contributed by atoms with E-state index in [0.717, 1.165) is 22.6 Å². The van der Waals surface area contributed by atoms with Crippen LogP contribution in [0.2, 0.25) is 0 Å². The summed E-state index contributed by atoms with van der Waals surface area (Å²) in [4.78, 5) is 33.4. The maximum atomic E-state index is 13.9. The molecule has 1 aliphatic rings. The lowest BCUT2D eigenvalue weighted by Gasteiger charge is -2.24. The van der Waals surface area contributed by atoms with Gasteiger partial charge in [-0.2, -0.15) is 0 Å². The van der Waals surface area contributed by atoms with Crippen LogP contribution in [0.1, 0.15) is 34.9 Å². The van der Waals surface area contributed by atoms with E-state index in [1.54, 1.807) is 29.7 Å². The Bertz CT molecular complexity index is 2020. The number of nitrogens with one attached hydrogen (secondary N) is 1. The summed E-state index contributed by atoms with van der Waals surface area (Å²) in [5, 5.41) is 4.90. The maximum Gasteiger partial charge on any atom is 0.271 e. The molecule has 1 atom stereocenters. The number of hydrogen-bond acceptors (Lipinski definition) is 7. The van der Waals surface area contributed by atoms with Gasteiger partial charge in [0.05, 0.1) is 15.8 Å². The fourth-order valence-electron chi connectivity index (χ4n) is 4.65. The molecule has 7 nitrogen and oxygen atoms in total. The van der Waals surface area contributed by atoms with Gasteiger partial charge in [-0.15, -0.1) is 11.3 Å². The molecule has 0 fully saturated rings. The predicted octanol–water partition coefficient (Wildman–Crippen LogP) is 5.69. The molecule has 1 unspecified atom stereocenters. The molecule has 1 aliphatic heterocycles. The second kappa shape index (κ2) is 11.3.